The summed E-state index contributed by atoms with van der Waals surface area (Å²) in [5.74, 6) is -0.556. The summed E-state index contributed by atoms with van der Waals surface area (Å²) in [6.07, 6.45) is 0. The molecule has 0 saturated carbocycles. The molecule has 0 aromatic heterocycles. The summed E-state index contributed by atoms with van der Waals surface area (Å²) in [6, 6.07) is 10.6. The molecule has 2 aromatic carbocycles. The highest BCUT2D eigenvalue weighted by Gasteiger charge is 2.03. The minimum atomic E-state index is -0.684. The Labute approximate surface area is 115 Å². The number of ether oxygens (including phenoxy) is 1. The van der Waals surface area contributed by atoms with Crippen molar-refractivity contribution in [2.45, 2.75) is 6.92 Å². The van der Waals surface area contributed by atoms with E-state index < -0.39 is 11.6 Å². The first-order valence-corrected chi connectivity index (χ1v) is 6.00. The van der Waals surface area contributed by atoms with E-state index in [1.807, 2.05) is 24.3 Å². The molecule has 0 aliphatic carbocycles. The maximum atomic E-state index is 13.4. The first-order valence-electron chi connectivity index (χ1n) is 6.00. The molecule has 0 atom stereocenters. The van der Waals surface area contributed by atoms with Gasteiger partial charge in [-0.1, -0.05) is 0 Å². The van der Waals surface area contributed by atoms with Crippen LogP contribution < -0.4 is 10.2 Å². The average Bonchev–Trinajstić information content (AvgIpc) is 2.46. The number of benzene rings is 2. The van der Waals surface area contributed by atoms with Crippen LogP contribution in [0, 0.1) is 11.6 Å². The third-order valence-corrected chi connectivity index (χ3v) is 2.78. The Balaban J connectivity index is 2.13. The van der Waals surface area contributed by atoms with Crippen molar-refractivity contribution in [3.63, 3.8) is 0 Å². The number of halogens is 2. The molecular formula is C15H14F2N2O. The zero-order valence-corrected chi connectivity index (χ0v) is 11.2. The van der Waals surface area contributed by atoms with Gasteiger partial charge in [0, 0.05) is 6.07 Å². The SMILES string of the molecule is COc1ccc(/C(C)=N/Nc2ccc(F)cc2F)cc1. The third-order valence-electron chi connectivity index (χ3n) is 2.78. The second kappa shape index (κ2) is 6.14. The fraction of sp³-hybridized carbons (Fsp3) is 0.133. The minimum Gasteiger partial charge on any atom is -0.497 e. The van der Waals surface area contributed by atoms with Gasteiger partial charge < -0.3 is 4.74 Å². The lowest BCUT2D eigenvalue weighted by Gasteiger charge is -2.05. The lowest BCUT2D eigenvalue weighted by atomic mass is 10.1. The van der Waals surface area contributed by atoms with Gasteiger partial charge in [-0.2, -0.15) is 5.10 Å². The van der Waals surface area contributed by atoms with E-state index in [2.05, 4.69) is 10.5 Å². The number of rotatable bonds is 4. The largest absolute Gasteiger partial charge is 0.497 e. The van der Waals surface area contributed by atoms with Gasteiger partial charge in [0.2, 0.25) is 0 Å². The Morgan fingerprint density at radius 1 is 1.10 bits per heavy atom. The number of nitrogens with one attached hydrogen (secondary N) is 1. The minimum absolute atomic E-state index is 0.124. The van der Waals surface area contributed by atoms with Crippen molar-refractivity contribution in [2.75, 3.05) is 12.5 Å². The molecule has 0 aliphatic heterocycles. The number of anilines is 1. The van der Waals surface area contributed by atoms with Gasteiger partial charge in [0.05, 0.1) is 18.5 Å². The summed E-state index contributed by atoms with van der Waals surface area (Å²) in [7, 11) is 1.59. The van der Waals surface area contributed by atoms with E-state index in [1.165, 1.54) is 12.1 Å². The second-order valence-electron chi connectivity index (χ2n) is 4.16. The summed E-state index contributed by atoms with van der Waals surface area (Å²) in [5.41, 5.74) is 4.26. The van der Waals surface area contributed by atoms with Crippen LogP contribution in [0.5, 0.6) is 5.75 Å². The molecule has 3 nitrogen and oxygen atoms in total. The number of hydrogen-bond acceptors (Lipinski definition) is 3. The smallest absolute Gasteiger partial charge is 0.151 e. The van der Waals surface area contributed by atoms with Gasteiger partial charge in [-0.05, 0) is 48.9 Å². The molecule has 1 N–H and O–H groups in total. The number of methoxy groups -OCH3 is 1. The zero-order chi connectivity index (χ0) is 14.5. The van der Waals surface area contributed by atoms with Crippen molar-refractivity contribution in [1.29, 1.82) is 0 Å². The van der Waals surface area contributed by atoms with Gasteiger partial charge in [0.1, 0.15) is 11.6 Å². The summed E-state index contributed by atoms with van der Waals surface area (Å²) in [6.45, 7) is 1.79. The molecule has 0 amide bonds. The number of hydrazone groups is 1. The van der Waals surface area contributed by atoms with Gasteiger partial charge in [0.15, 0.2) is 5.82 Å². The quantitative estimate of drug-likeness (QED) is 0.680. The molecule has 0 spiro atoms. The van der Waals surface area contributed by atoms with Crippen molar-refractivity contribution in [2.24, 2.45) is 5.10 Å². The molecule has 0 radical (unpaired) electrons. The van der Waals surface area contributed by atoms with Crippen molar-refractivity contribution >= 4 is 11.4 Å². The molecule has 0 bridgehead atoms. The Bertz CT molecular complexity index is 624. The Morgan fingerprint density at radius 2 is 1.80 bits per heavy atom. The fourth-order valence-corrected chi connectivity index (χ4v) is 1.62. The van der Waals surface area contributed by atoms with Crippen molar-refractivity contribution < 1.29 is 13.5 Å². The maximum Gasteiger partial charge on any atom is 0.151 e. The highest BCUT2D eigenvalue weighted by Crippen LogP contribution is 2.16. The molecule has 2 rings (SSSR count). The maximum absolute atomic E-state index is 13.4. The summed E-state index contributed by atoms with van der Waals surface area (Å²) < 4.78 is 31.2. The van der Waals surface area contributed by atoms with E-state index in [0.29, 0.717) is 5.71 Å². The monoisotopic (exact) mass is 276 g/mol. The normalized spacial score (nSPS) is 11.3. The molecule has 0 unspecified atom stereocenters. The van der Waals surface area contributed by atoms with Gasteiger partial charge in [-0.3, -0.25) is 5.43 Å². The van der Waals surface area contributed by atoms with E-state index >= 15 is 0 Å². The zero-order valence-electron chi connectivity index (χ0n) is 11.2. The summed E-state index contributed by atoms with van der Waals surface area (Å²) in [5, 5.41) is 4.07. The van der Waals surface area contributed by atoms with Gasteiger partial charge >= 0.3 is 0 Å². The fourth-order valence-electron chi connectivity index (χ4n) is 1.62. The van der Waals surface area contributed by atoms with Crippen LogP contribution in [0.4, 0.5) is 14.5 Å². The van der Waals surface area contributed by atoms with Crippen LogP contribution in [-0.2, 0) is 0 Å². The molecule has 0 fully saturated rings. The highest BCUT2D eigenvalue weighted by molar-refractivity contribution is 5.99. The first kappa shape index (κ1) is 14.0. The van der Waals surface area contributed by atoms with Gasteiger partial charge in [-0.25, -0.2) is 8.78 Å². The van der Waals surface area contributed by atoms with Gasteiger partial charge in [-0.15, -0.1) is 0 Å². The van der Waals surface area contributed by atoms with Crippen LogP contribution in [0.25, 0.3) is 0 Å². The summed E-state index contributed by atoms with van der Waals surface area (Å²) in [4.78, 5) is 0. The molecule has 5 heteroatoms. The summed E-state index contributed by atoms with van der Waals surface area (Å²) >= 11 is 0. The third kappa shape index (κ3) is 3.32. The predicted octanol–water partition coefficient (Wildman–Crippen LogP) is 3.81. The van der Waals surface area contributed by atoms with E-state index in [1.54, 1.807) is 14.0 Å². The van der Waals surface area contributed by atoms with Crippen LogP contribution in [0.2, 0.25) is 0 Å². The molecular weight excluding hydrogens is 262 g/mol. The average molecular weight is 276 g/mol. The first-order chi connectivity index (χ1) is 9.60. The molecule has 104 valence electrons. The lowest BCUT2D eigenvalue weighted by Crippen LogP contribution is -2.01. The van der Waals surface area contributed by atoms with Crippen LogP contribution in [0.3, 0.4) is 0 Å². The van der Waals surface area contributed by atoms with E-state index in [9.17, 15) is 8.78 Å². The number of nitrogens with zero attached hydrogens (tertiary/aromatic N) is 1. The van der Waals surface area contributed by atoms with E-state index in [0.717, 1.165) is 17.4 Å². The topological polar surface area (TPSA) is 33.6 Å². The van der Waals surface area contributed by atoms with Crippen LogP contribution in [-0.4, -0.2) is 12.8 Å². The Kier molecular flexibility index (Phi) is 4.30. The van der Waals surface area contributed by atoms with E-state index in [4.69, 9.17) is 4.74 Å². The van der Waals surface area contributed by atoms with Crippen molar-refractivity contribution in [3.8, 4) is 5.75 Å². The molecule has 0 aliphatic rings. The molecule has 0 saturated heterocycles. The Morgan fingerprint density at radius 3 is 2.40 bits per heavy atom. The highest BCUT2D eigenvalue weighted by atomic mass is 19.1. The van der Waals surface area contributed by atoms with E-state index in [-0.39, 0.29) is 5.69 Å². The van der Waals surface area contributed by atoms with Crippen molar-refractivity contribution in [3.05, 3.63) is 59.7 Å². The standard InChI is InChI=1S/C15H14F2N2O/c1-10(11-3-6-13(20-2)7-4-11)18-19-15-8-5-12(16)9-14(15)17/h3-9,19H,1-2H3/b18-10+. The van der Waals surface area contributed by atoms with Gasteiger partial charge in [0.25, 0.3) is 0 Å². The molecule has 0 heterocycles. The number of hydrogen-bond donors (Lipinski definition) is 1. The van der Waals surface area contributed by atoms with Crippen molar-refractivity contribution in [1.82, 2.24) is 0 Å². The predicted molar refractivity (Wildman–Crippen MR) is 75.2 cm³/mol. The molecule has 2 aromatic rings. The Hall–Kier alpha value is -2.43. The van der Waals surface area contributed by atoms with Crippen LogP contribution in [0.1, 0.15) is 12.5 Å². The lowest BCUT2D eigenvalue weighted by molar-refractivity contribution is 0.415. The van der Waals surface area contributed by atoms with Crippen LogP contribution in [0.15, 0.2) is 47.6 Å². The molecule has 20 heavy (non-hydrogen) atoms. The van der Waals surface area contributed by atoms with Crippen LogP contribution >= 0.6 is 0 Å². The second-order valence-corrected chi connectivity index (χ2v) is 4.16.